The summed E-state index contributed by atoms with van der Waals surface area (Å²) in [7, 11) is 0. The Morgan fingerprint density at radius 2 is 1.40 bits per heavy atom. The fraction of sp³-hybridized carbons (Fsp3) is 0.500. The fourth-order valence-corrected chi connectivity index (χ4v) is 3.97. The third-order valence-corrected chi connectivity index (χ3v) is 5.07. The third kappa shape index (κ3) is 11.3. The number of hydrogen-bond donors (Lipinski definition) is 2. The summed E-state index contributed by atoms with van der Waals surface area (Å²) in [4.78, 5) is 0. The van der Waals surface area contributed by atoms with E-state index in [4.69, 9.17) is 9.47 Å². The van der Waals surface area contributed by atoms with E-state index in [0.717, 1.165) is 20.2 Å². The molecule has 1 rings (SSSR count). The van der Waals surface area contributed by atoms with Crippen LogP contribution in [0.1, 0.15) is 0 Å². The van der Waals surface area contributed by atoms with Gasteiger partial charge in [0.25, 0.3) is 0 Å². The zero-order valence-corrected chi connectivity index (χ0v) is 18.3. The van der Waals surface area contributed by atoms with Gasteiger partial charge in [0.05, 0.1) is 13.2 Å². The maximum absolute atomic E-state index is 5.06. The van der Waals surface area contributed by atoms with Crippen molar-refractivity contribution in [1.29, 1.82) is 0 Å². The first-order valence-electron chi connectivity index (χ1n) is 4.88. The summed E-state index contributed by atoms with van der Waals surface area (Å²) < 4.78 is 12.5. The van der Waals surface area contributed by atoms with E-state index < -0.39 is 0 Å². The van der Waals surface area contributed by atoms with Gasteiger partial charge in [0, 0.05) is 11.5 Å². The normalized spacial score (nSPS) is 9.70. The number of thiol groups is 2. The van der Waals surface area contributed by atoms with E-state index in [1.165, 1.54) is 11.3 Å². The van der Waals surface area contributed by atoms with Crippen molar-refractivity contribution < 1.29 is 39.0 Å². The van der Waals surface area contributed by atoms with Crippen molar-refractivity contribution in [3.05, 3.63) is 0 Å². The molecule has 1 aromatic heterocycles. The Morgan fingerprint density at radius 3 is 1.75 bits per heavy atom. The van der Waals surface area contributed by atoms with E-state index in [2.05, 4.69) is 59.9 Å². The molecule has 106 valence electrons. The van der Waals surface area contributed by atoms with Crippen LogP contribution in [0, 0.1) is 0 Å². The topological polar surface area (TPSA) is 44.2 Å². The standard InChI is InChI=1S/C8H10N2O2S7.Na/c13-7(14)11-1-3-17-5-9-10-6(19-5)18-4-2-12-8(15)16;/h1-4H2,(H,13,14)(H,15,16);/q;+1. The van der Waals surface area contributed by atoms with Crippen molar-refractivity contribution in [1.82, 2.24) is 10.2 Å². The molecule has 0 aliphatic rings. The fourth-order valence-electron chi connectivity index (χ4n) is 0.830. The van der Waals surface area contributed by atoms with Crippen LogP contribution in [0.3, 0.4) is 0 Å². The molecule has 0 N–H and O–H groups in total. The maximum Gasteiger partial charge on any atom is 1.00 e. The van der Waals surface area contributed by atoms with Gasteiger partial charge in [-0.05, 0) is 24.4 Å². The molecular weight excluding hydrogens is 404 g/mol. The van der Waals surface area contributed by atoms with Gasteiger partial charge < -0.3 is 9.47 Å². The van der Waals surface area contributed by atoms with Crippen LogP contribution in [0.15, 0.2) is 8.68 Å². The predicted molar refractivity (Wildman–Crippen MR) is 96.4 cm³/mol. The van der Waals surface area contributed by atoms with Crippen LogP contribution in [0.2, 0.25) is 0 Å². The molecule has 4 nitrogen and oxygen atoms in total. The van der Waals surface area contributed by atoms with Gasteiger partial charge in [-0.15, -0.1) is 10.2 Å². The second-order valence-electron chi connectivity index (χ2n) is 2.76. The Balaban J connectivity index is 0.00000361. The number of rotatable bonds is 8. The van der Waals surface area contributed by atoms with Crippen LogP contribution >= 0.6 is 84.6 Å². The van der Waals surface area contributed by atoms with Crippen LogP contribution in [-0.4, -0.2) is 43.7 Å². The van der Waals surface area contributed by atoms with Crippen molar-refractivity contribution in [2.45, 2.75) is 8.68 Å². The van der Waals surface area contributed by atoms with Gasteiger partial charge in [-0.2, -0.15) is 0 Å². The van der Waals surface area contributed by atoms with Crippen LogP contribution in [-0.2, 0) is 9.47 Å². The molecule has 0 unspecified atom stereocenters. The third-order valence-electron chi connectivity index (χ3n) is 1.46. The number of thioether (sulfide) groups is 2. The van der Waals surface area contributed by atoms with Crippen molar-refractivity contribution >= 4 is 93.3 Å². The Labute approximate surface area is 174 Å². The van der Waals surface area contributed by atoms with Gasteiger partial charge in [0.15, 0.2) is 8.68 Å². The zero-order valence-electron chi connectivity index (χ0n) is 10.5. The van der Waals surface area contributed by atoms with Crippen LogP contribution in [0.25, 0.3) is 0 Å². The van der Waals surface area contributed by atoms with Gasteiger partial charge in [0.2, 0.25) is 8.77 Å². The second-order valence-corrected chi connectivity index (χ2v) is 8.58. The molecule has 0 saturated carbocycles. The number of hydrogen-bond acceptors (Lipinski definition) is 9. The Bertz CT molecular complexity index is 394. The molecule has 1 heterocycles. The predicted octanol–water partition coefficient (Wildman–Crippen LogP) is 0.189. The Hall–Kier alpha value is 1.74. The van der Waals surface area contributed by atoms with Gasteiger partial charge in [-0.25, -0.2) is 0 Å². The first-order chi connectivity index (χ1) is 9.08. The molecule has 20 heavy (non-hydrogen) atoms. The van der Waals surface area contributed by atoms with Crippen LogP contribution in [0.5, 0.6) is 0 Å². The van der Waals surface area contributed by atoms with Crippen molar-refractivity contribution in [3.63, 3.8) is 0 Å². The molecule has 0 spiro atoms. The first kappa shape index (κ1) is 21.7. The van der Waals surface area contributed by atoms with E-state index in [0.29, 0.717) is 13.2 Å². The number of aromatic nitrogens is 2. The molecule has 0 fully saturated rings. The van der Waals surface area contributed by atoms with E-state index in [-0.39, 0.29) is 38.3 Å². The van der Waals surface area contributed by atoms with Crippen molar-refractivity contribution in [2.24, 2.45) is 0 Å². The van der Waals surface area contributed by atoms with Gasteiger partial charge in [-0.3, -0.25) is 0 Å². The van der Waals surface area contributed by atoms with Gasteiger partial charge in [-0.1, -0.05) is 60.1 Å². The molecule has 1 aromatic rings. The average Bonchev–Trinajstić information content (AvgIpc) is 2.78. The SMILES string of the molecule is S=C(S)OCCSc1nnc(SCCOC(=S)S)s1.[Na+]. The molecule has 0 bridgehead atoms. The van der Waals surface area contributed by atoms with Crippen LogP contribution < -0.4 is 29.6 Å². The molecule has 0 aromatic carbocycles. The number of ether oxygens (including phenoxy) is 2. The van der Waals surface area contributed by atoms with Gasteiger partial charge in [0.1, 0.15) is 0 Å². The summed E-state index contributed by atoms with van der Waals surface area (Å²) in [6.07, 6.45) is 0. The quantitative estimate of drug-likeness (QED) is 0.206. The summed E-state index contributed by atoms with van der Waals surface area (Å²) in [5.41, 5.74) is 0. The maximum atomic E-state index is 5.06. The van der Waals surface area contributed by atoms with Crippen molar-refractivity contribution in [3.8, 4) is 0 Å². The first-order valence-corrected chi connectivity index (χ1v) is 9.38. The molecule has 0 saturated heterocycles. The van der Waals surface area contributed by atoms with E-state index in [1.807, 2.05) is 0 Å². The molecule has 0 atom stereocenters. The largest absolute Gasteiger partial charge is 1.00 e. The molecular formula is C8H10N2NaO2S7+. The van der Waals surface area contributed by atoms with Crippen LogP contribution in [0.4, 0.5) is 0 Å². The Kier molecular flexibility index (Phi) is 14.4. The minimum Gasteiger partial charge on any atom is -0.478 e. The molecule has 0 aliphatic heterocycles. The smallest absolute Gasteiger partial charge is 0.478 e. The summed E-state index contributed by atoms with van der Waals surface area (Å²) in [6, 6.07) is 0. The number of nitrogens with zero attached hydrogens (tertiary/aromatic N) is 2. The molecule has 0 radical (unpaired) electrons. The second kappa shape index (κ2) is 13.2. The van der Waals surface area contributed by atoms with Gasteiger partial charge >= 0.3 is 29.6 Å². The van der Waals surface area contributed by atoms with E-state index >= 15 is 0 Å². The number of thiocarbonyl (C=S) groups is 2. The van der Waals surface area contributed by atoms with E-state index in [1.54, 1.807) is 23.5 Å². The minimum atomic E-state index is 0. The van der Waals surface area contributed by atoms with E-state index in [9.17, 15) is 0 Å². The molecule has 12 heteroatoms. The summed E-state index contributed by atoms with van der Waals surface area (Å²) >= 11 is 21.8. The monoisotopic (exact) mass is 413 g/mol. The summed E-state index contributed by atoms with van der Waals surface area (Å²) in [6.45, 7) is 1.03. The zero-order chi connectivity index (χ0) is 14.1. The Morgan fingerprint density at radius 1 is 1.00 bits per heavy atom. The molecule has 0 amide bonds. The summed E-state index contributed by atoms with van der Waals surface area (Å²) in [5.74, 6) is 1.52. The average molecular weight is 414 g/mol. The minimum absolute atomic E-state index is 0. The molecule has 0 aliphatic carbocycles. The summed E-state index contributed by atoms with van der Waals surface area (Å²) in [5, 5.41) is 8.14. The van der Waals surface area contributed by atoms with Crippen molar-refractivity contribution in [2.75, 3.05) is 24.7 Å².